The van der Waals surface area contributed by atoms with Gasteiger partial charge in [0.05, 0.1) is 6.10 Å². The van der Waals surface area contributed by atoms with Gasteiger partial charge in [-0.1, -0.05) is 45.0 Å². The fourth-order valence-electron chi connectivity index (χ4n) is 2.67. The molecule has 1 aromatic carbocycles. The van der Waals surface area contributed by atoms with Crippen LogP contribution in [0.3, 0.4) is 0 Å². The lowest BCUT2D eigenvalue weighted by molar-refractivity contribution is -0.121. The second-order valence-electron chi connectivity index (χ2n) is 7.46. The Labute approximate surface area is 150 Å². The summed E-state index contributed by atoms with van der Waals surface area (Å²) in [5.41, 5.74) is 2.13. The van der Waals surface area contributed by atoms with Crippen LogP contribution in [0.2, 0.25) is 0 Å². The summed E-state index contributed by atoms with van der Waals surface area (Å²) in [6, 6.07) is 7.93. The molecule has 1 atom stereocenters. The highest BCUT2D eigenvalue weighted by Gasteiger charge is 2.15. The van der Waals surface area contributed by atoms with Crippen LogP contribution in [0.5, 0.6) is 0 Å². The number of aryl methyl sites for hydroxylation is 2. The Kier molecular flexibility index (Phi) is 6.37. The lowest BCUT2D eigenvalue weighted by atomic mass is 9.86. The lowest BCUT2D eigenvalue weighted by Crippen LogP contribution is -2.28. The number of benzene rings is 1. The van der Waals surface area contributed by atoms with Gasteiger partial charge >= 0.3 is 0 Å². The van der Waals surface area contributed by atoms with E-state index in [9.17, 15) is 9.90 Å². The topological polar surface area (TPSA) is 67.2 Å². The van der Waals surface area contributed by atoms with Crippen molar-refractivity contribution in [3.63, 3.8) is 0 Å². The highest BCUT2D eigenvalue weighted by molar-refractivity contribution is 5.75. The average Bonchev–Trinajstić information content (AvgIpc) is 2.97. The van der Waals surface area contributed by atoms with Gasteiger partial charge < -0.3 is 15.0 Å². The van der Waals surface area contributed by atoms with E-state index in [-0.39, 0.29) is 17.9 Å². The van der Waals surface area contributed by atoms with Crippen molar-refractivity contribution in [1.82, 2.24) is 14.9 Å². The summed E-state index contributed by atoms with van der Waals surface area (Å²) in [7, 11) is 0. The molecule has 2 rings (SSSR count). The quantitative estimate of drug-likeness (QED) is 0.812. The summed E-state index contributed by atoms with van der Waals surface area (Å²) in [6.45, 7) is 9.42. The molecule has 0 radical (unpaired) electrons. The van der Waals surface area contributed by atoms with E-state index < -0.39 is 6.10 Å². The molecule has 136 valence electrons. The normalized spacial score (nSPS) is 12.8. The Bertz CT molecular complexity index is 684. The fourth-order valence-corrected chi connectivity index (χ4v) is 2.67. The number of aliphatic hydroxyl groups excluding tert-OH is 1. The fraction of sp³-hybridized carbons (Fsp3) is 0.500. The van der Waals surface area contributed by atoms with E-state index in [1.54, 1.807) is 6.20 Å². The third-order valence-electron chi connectivity index (χ3n) is 4.38. The van der Waals surface area contributed by atoms with Crippen molar-refractivity contribution in [3.05, 3.63) is 53.6 Å². The zero-order chi connectivity index (χ0) is 18.4. The lowest BCUT2D eigenvalue weighted by Gasteiger charge is -2.20. The third-order valence-corrected chi connectivity index (χ3v) is 4.38. The zero-order valence-electron chi connectivity index (χ0n) is 15.6. The van der Waals surface area contributed by atoms with Gasteiger partial charge in [0.1, 0.15) is 5.82 Å². The summed E-state index contributed by atoms with van der Waals surface area (Å²) >= 11 is 0. The smallest absolute Gasteiger partial charge is 0.220 e. The molecule has 0 saturated heterocycles. The van der Waals surface area contributed by atoms with Crippen molar-refractivity contribution in [3.8, 4) is 0 Å². The Hall–Kier alpha value is -2.14. The number of carbonyl (C=O) groups is 1. The van der Waals surface area contributed by atoms with E-state index in [0.29, 0.717) is 6.42 Å². The maximum atomic E-state index is 11.9. The highest BCUT2D eigenvalue weighted by Crippen LogP contribution is 2.23. The Morgan fingerprint density at radius 1 is 1.28 bits per heavy atom. The highest BCUT2D eigenvalue weighted by atomic mass is 16.3. The predicted molar refractivity (Wildman–Crippen MR) is 99.3 cm³/mol. The first kappa shape index (κ1) is 19.2. The van der Waals surface area contributed by atoms with Crippen molar-refractivity contribution in [1.29, 1.82) is 0 Å². The van der Waals surface area contributed by atoms with Crippen LogP contribution in [-0.2, 0) is 16.8 Å². The average molecular weight is 343 g/mol. The molecule has 5 nitrogen and oxygen atoms in total. The van der Waals surface area contributed by atoms with Gasteiger partial charge in [-0.25, -0.2) is 4.98 Å². The number of imidazole rings is 1. The van der Waals surface area contributed by atoms with Gasteiger partial charge in [-0.2, -0.15) is 0 Å². The van der Waals surface area contributed by atoms with Gasteiger partial charge in [0, 0.05) is 31.9 Å². The zero-order valence-corrected chi connectivity index (χ0v) is 15.6. The van der Waals surface area contributed by atoms with Gasteiger partial charge in [-0.3, -0.25) is 4.79 Å². The van der Waals surface area contributed by atoms with Crippen molar-refractivity contribution in [2.24, 2.45) is 0 Å². The number of aliphatic hydroxyl groups is 1. The number of nitrogens with zero attached hydrogens (tertiary/aromatic N) is 2. The molecule has 5 heteroatoms. The molecule has 0 fully saturated rings. The van der Waals surface area contributed by atoms with Crippen molar-refractivity contribution >= 4 is 5.91 Å². The van der Waals surface area contributed by atoms with Crippen LogP contribution in [0.25, 0.3) is 0 Å². The minimum Gasteiger partial charge on any atom is -0.387 e. The van der Waals surface area contributed by atoms with Gasteiger partial charge in [0.25, 0.3) is 0 Å². The first-order valence-corrected chi connectivity index (χ1v) is 8.80. The third kappa shape index (κ3) is 5.71. The summed E-state index contributed by atoms with van der Waals surface area (Å²) in [6.07, 6.45) is 4.18. The molecule has 1 heterocycles. The molecule has 0 aliphatic carbocycles. The standard InChI is InChI=1S/C20H29N3O2/c1-15-21-11-13-23(15)12-5-6-19(25)22-14-18(24)16-7-9-17(10-8-16)20(2,3)4/h7-11,13,18,24H,5-6,12,14H2,1-4H3,(H,22,25)/t18-/m0/s1. The minimum atomic E-state index is -0.686. The molecule has 0 bridgehead atoms. The largest absolute Gasteiger partial charge is 0.387 e. The number of rotatable bonds is 7. The van der Waals surface area contributed by atoms with E-state index >= 15 is 0 Å². The molecule has 1 aromatic heterocycles. The maximum absolute atomic E-state index is 11.9. The van der Waals surface area contributed by atoms with Gasteiger partial charge in [-0.15, -0.1) is 0 Å². The van der Waals surface area contributed by atoms with Crippen LogP contribution < -0.4 is 5.32 Å². The van der Waals surface area contributed by atoms with Gasteiger partial charge in [-0.05, 0) is 29.9 Å². The summed E-state index contributed by atoms with van der Waals surface area (Å²) in [4.78, 5) is 16.1. The number of amides is 1. The van der Waals surface area contributed by atoms with Gasteiger partial charge in [0.15, 0.2) is 0 Å². The van der Waals surface area contributed by atoms with Crippen LogP contribution >= 0.6 is 0 Å². The minimum absolute atomic E-state index is 0.0388. The van der Waals surface area contributed by atoms with Crippen LogP contribution in [0, 0.1) is 6.92 Å². The van der Waals surface area contributed by atoms with Crippen LogP contribution in [0.1, 0.15) is 56.7 Å². The molecular formula is C20H29N3O2. The molecule has 2 N–H and O–H groups in total. The molecule has 0 aliphatic heterocycles. The van der Waals surface area contributed by atoms with E-state index in [2.05, 4.69) is 31.1 Å². The van der Waals surface area contributed by atoms with Crippen molar-refractivity contribution in [2.75, 3.05) is 6.54 Å². The molecule has 2 aromatic rings. The van der Waals surface area contributed by atoms with E-state index in [0.717, 1.165) is 24.4 Å². The second-order valence-corrected chi connectivity index (χ2v) is 7.46. The number of nitrogens with one attached hydrogen (secondary N) is 1. The van der Waals surface area contributed by atoms with Crippen LogP contribution in [0.15, 0.2) is 36.7 Å². The number of carbonyl (C=O) groups excluding carboxylic acids is 1. The molecule has 0 unspecified atom stereocenters. The van der Waals surface area contributed by atoms with Gasteiger partial charge in [0.2, 0.25) is 5.91 Å². The number of aromatic nitrogens is 2. The molecule has 25 heavy (non-hydrogen) atoms. The molecule has 1 amide bonds. The molecular weight excluding hydrogens is 314 g/mol. The predicted octanol–water partition coefficient (Wildman–Crippen LogP) is 3.12. The summed E-state index contributed by atoms with van der Waals surface area (Å²) in [5, 5.41) is 13.1. The number of hydrogen-bond donors (Lipinski definition) is 2. The SMILES string of the molecule is Cc1nccn1CCCC(=O)NC[C@H](O)c1ccc(C(C)(C)C)cc1. The van der Waals surface area contributed by atoms with Crippen LogP contribution in [0.4, 0.5) is 0 Å². The van der Waals surface area contributed by atoms with E-state index in [1.807, 2.05) is 42.0 Å². The van der Waals surface area contributed by atoms with Crippen LogP contribution in [-0.4, -0.2) is 27.1 Å². The summed E-state index contributed by atoms with van der Waals surface area (Å²) < 4.78 is 2.03. The maximum Gasteiger partial charge on any atom is 0.220 e. The monoisotopic (exact) mass is 343 g/mol. The number of hydrogen-bond acceptors (Lipinski definition) is 3. The van der Waals surface area contributed by atoms with E-state index in [1.165, 1.54) is 5.56 Å². The van der Waals surface area contributed by atoms with Crippen molar-refractivity contribution < 1.29 is 9.90 Å². The first-order chi connectivity index (χ1) is 11.8. The Balaban J connectivity index is 1.74. The summed E-state index contributed by atoms with van der Waals surface area (Å²) in [5.74, 6) is 0.915. The molecule has 0 spiro atoms. The Morgan fingerprint density at radius 2 is 1.96 bits per heavy atom. The Morgan fingerprint density at radius 3 is 2.52 bits per heavy atom. The molecule has 0 aliphatic rings. The van der Waals surface area contributed by atoms with Crippen molar-refractivity contribution in [2.45, 2.75) is 58.6 Å². The first-order valence-electron chi connectivity index (χ1n) is 8.80. The second kappa shape index (κ2) is 8.30. The molecule has 0 saturated carbocycles. The van der Waals surface area contributed by atoms with E-state index in [4.69, 9.17) is 0 Å².